The molecule has 138 valence electrons. The average Bonchev–Trinajstić information content (AvgIpc) is 2.54. The molecular formula is C15H33NO6Si. The predicted molar refractivity (Wildman–Crippen MR) is 90.1 cm³/mol. The topological polar surface area (TPSA) is 75.3 Å². The summed E-state index contributed by atoms with van der Waals surface area (Å²) in [6, 6.07) is 0. The first-order valence-electron chi connectivity index (χ1n) is 8.38. The summed E-state index contributed by atoms with van der Waals surface area (Å²) in [7, 11) is -1.75. The van der Waals surface area contributed by atoms with Gasteiger partial charge in [0, 0.05) is 32.0 Å². The standard InChI is InChI=1S/C15H33NO6Si/c1-7-15(8-2,16-14(17)18-6)12-13-22-23(19-9-3,20-10-4)21-11-5/h7-13H2,1-6H3,(H,16,17). The number of alkyl carbamates (subject to hydrolysis) is 1. The molecule has 8 heteroatoms. The Kier molecular flexibility index (Phi) is 11.5. The van der Waals surface area contributed by atoms with Crippen molar-refractivity contribution in [2.75, 3.05) is 33.5 Å². The minimum Gasteiger partial charge on any atom is -0.453 e. The van der Waals surface area contributed by atoms with Crippen LogP contribution < -0.4 is 5.32 Å². The summed E-state index contributed by atoms with van der Waals surface area (Å²) < 4.78 is 27.6. The summed E-state index contributed by atoms with van der Waals surface area (Å²) >= 11 is 0. The van der Waals surface area contributed by atoms with Crippen molar-refractivity contribution in [2.24, 2.45) is 0 Å². The normalized spacial score (nSPS) is 12.3. The van der Waals surface area contributed by atoms with Crippen LogP contribution in [0.4, 0.5) is 4.79 Å². The van der Waals surface area contributed by atoms with E-state index in [1.54, 1.807) is 0 Å². The summed E-state index contributed by atoms with van der Waals surface area (Å²) in [5.74, 6) is 0. The maximum atomic E-state index is 11.6. The number of rotatable bonds is 13. The van der Waals surface area contributed by atoms with Gasteiger partial charge in [0.05, 0.1) is 7.11 Å². The van der Waals surface area contributed by atoms with Crippen molar-refractivity contribution >= 4 is 15.1 Å². The largest absolute Gasteiger partial charge is 0.679 e. The number of ether oxygens (including phenoxy) is 1. The molecule has 0 unspecified atom stereocenters. The van der Waals surface area contributed by atoms with Crippen LogP contribution in [-0.2, 0) is 22.4 Å². The molecule has 0 saturated carbocycles. The van der Waals surface area contributed by atoms with Gasteiger partial charge in [0.25, 0.3) is 0 Å². The summed E-state index contributed by atoms with van der Waals surface area (Å²) in [6.45, 7) is 11.4. The molecule has 0 aromatic carbocycles. The maximum absolute atomic E-state index is 11.6. The molecule has 0 heterocycles. The highest BCUT2D eigenvalue weighted by Crippen LogP contribution is 2.22. The molecule has 0 aromatic heterocycles. The number of methoxy groups -OCH3 is 1. The van der Waals surface area contributed by atoms with Gasteiger partial charge in [0.1, 0.15) is 0 Å². The molecule has 0 radical (unpaired) electrons. The second kappa shape index (κ2) is 11.8. The minimum atomic E-state index is -3.11. The molecule has 0 aromatic rings. The Morgan fingerprint density at radius 3 is 1.74 bits per heavy atom. The first kappa shape index (κ1) is 22.3. The van der Waals surface area contributed by atoms with Crippen LogP contribution in [0.3, 0.4) is 0 Å². The van der Waals surface area contributed by atoms with Gasteiger partial charge in [-0.2, -0.15) is 0 Å². The Balaban J connectivity index is 4.82. The van der Waals surface area contributed by atoms with Gasteiger partial charge in [0.15, 0.2) is 0 Å². The van der Waals surface area contributed by atoms with E-state index in [9.17, 15) is 4.79 Å². The van der Waals surface area contributed by atoms with Crippen LogP contribution in [0, 0.1) is 0 Å². The molecule has 0 aliphatic carbocycles. The maximum Gasteiger partial charge on any atom is 0.679 e. The number of nitrogens with one attached hydrogen (secondary N) is 1. The van der Waals surface area contributed by atoms with Gasteiger partial charge >= 0.3 is 15.1 Å². The van der Waals surface area contributed by atoms with E-state index in [-0.39, 0.29) is 5.54 Å². The van der Waals surface area contributed by atoms with Crippen molar-refractivity contribution in [3.05, 3.63) is 0 Å². The molecule has 0 aliphatic rings. The predicted octanol–water partition coefficient (Wildman–Crippen LogP) is 2.85. The molecule has 0 rings (SSSR count). The van der Waals surface area contributed by atoms with Gasteiger partial charge in [-0.1, -0.05) is 13.8 Å². The zero-order valence-electron chi connectivity index (χ0n) is 15.4. The van der Waals surface area contributed by atoms with Crippen molar-refractivity contribution in [1.82, 2.24) is 5.32 Å². The van der Waals surface area contributed by atoms with Crippen molar-refractivity contribution < 1.29 is 27.2 Å². The van der Waals surface area contributed by atoms with Crippen LogP contribution in [0.1, 0.15) is 53.9 Å². The van der Waals surface area contributed by atoms with E-state index in [0.29, 0.717) is 32.8 Å². The third kappa shape index (κ3) is 7.62. The highest BCUT2D eigenvalue weighted by molar-refractivity contribution is 6.53. The lowest BCUT2D eigenvalue weighted by molar-refractivity contribution is -0.0310. The Morgan fingerprint density at radius 2 is 1.39 bits per heavy atom. The number of hydrogen-bond donors (Lipinski definition) is 1. The highest BCUT2D eigenvalue weighted by Gasteiger charge is 2.45. The Labute approximate surface area is 141 Å². The zero-order chi connectivity index (χ0) is 17.8. The fourth-order valence-corrected chi connectivity index (χ4v) is 4.17. The molecule has 0 aliphatic heterocycles. The zero-order valence-corrected chi connectivity index (χ0v) is 16.4. The number of hydrogen-bond acceptors (Lipinski definition) is 6. The smallest absolute Gasteiger partial charge is 0.453 e. The van der Waals surface area contributed by atoms with Crippen LogP contribution in [0.15, 0.2) is 0 Å². The Bertz CT molecular complexity index is 308. The van der Waals surface area contributed by atoms with Crippen LogP contribution in [0.2, 0.25) is 0 Å². The van der Waals surface area contributed by atoms with E-state index in [0.717, 1.165) is 12.8 Å². The van der Waals surface area contributed by atoms with Crippen molar-refractivity contribution in [1.29, 1.82) is 0 Å². The average molecular weight is 352 g/mol. The Hall–Kier alpha value is -0.673. The number of carbonyl (C=O) groups excluding carboxylic acids is 1. The first-order chi connectivity index (χ1) is 11.0. The monoisotopic (exact) mass is 351 g/mol. The van der Waals surface area contributed by atoms with Crippen LogP contribution in [0.5, 0.6) is 0 Å². The second-order valence-corrected chi connectivity index (χ2v) is 7.16. The molecule has 1 N–H and O–H groups in total. The fourth-order valence-electron chi connectivity index (χ4n) is 2.26. The van der Waals surface area contributed by atoms with E-state index in [1.807, 2.05) is 34.6 Å². The van der Waals surface area contributed by atoms with Gasteiger partial charge in [-0.15, -0.1) is 0 Å². The van der Waals surface area contributed by atoms with Crippen molar-refractivity contribution in [3.8, 4) is 0 Å². The summed E-state index contributed by atoms with van der Waals surface area (Å²) in [6.07, 6.45) is 1.73. The SMILES string of the molecule is CCO[Si](OCC)(OCC)OCCC(CC)(CC)NC(=O)OC. The third-order valence-electron chi connectivity index (χ3n) is 3.73. The summed E-state index contributed by atoms with van der Waals surface area (Å²) in [5.41, 5.74) is -0.377. The first-order valence-corrected chi connectivity index (χ1v) is 10.0. The lowest BCUT2D eigenvalue weighted by atomic mass is 9.89. The van der Waals surface area contributed by atoms with Crippen LogP contribution in [-0.4, -0.2) is 54.2 Å². The van der Waals surface area contributed by atoms with E-state index in [4.69, 9.17) is 22.4 Å². The van der Waals surface area contributed by atoms with E-state index >= 15 is 0 Å². The molecule has 0 saturated heterocycles. The van der Waals surface area contributed by atoms with Gasteiger partial charge in [-0.05, 0) is 40.0 Å². The van der Waals surface area contributed by atoms with Crippen molar-refractivity contribution in [3.63, 3.8) is 0 Å². The van der Waals surface area contributed by atoms with Gasteiger partial charge in [0.2, 0.25) is 0 Å². The fraction of sp³-hybridized carbons (Fsp3) is 0.933. The molecule has 0 spiro atoms. The van der Waals surface area contributed by atoms with Gasteiger partial charge in [-0.3, -0.25) is 0 Å². The van der Waals surface area contributed by atoms with E-state index in [1.165, 1.54) is 7.11 Å². The third-order valence-corrected chi connectivity index (χ3v) is 6.21. The molecule has 0 fully saturated rings. The number of amides is 1. The molecule has 7 nitrogen and oxygen atoms in total. The summed E-state index contributed by atoms with van der Waals surface area (Å²) in [4.78, 5) is 11.6. The highest BCUT2D eigenvalue weighted by atomic mass is 28.4. The quantitative estimate of drug-likeness (QED) is 0.514. The second-order valence-electron chi connectivity index (χ2n) is 5.00. The van der Waals surface area contributed by atoms with Gasteiger partial charge in [-0.25, -0.2) is 4.79 Å². The molecule has 1 amide bonds. The summed E-state index contributed by atoms with van der Waals surface area (Å²) in [5, 5.41) is 2.91. The van der Waals surface area contributed by atoms with Crippen LogP contribution >= 0.6 is 0 Å². The Morgan fingerprint density at radius 1 is 0.913 bits per heavy atom. The van der Waals surface area contributed by atoms with Gasteiger partial charge < -0.3 is 27.8 Å². The number of carbonyl (C=O) groups is 1. The lowest BCUT2D eigenvalue weighted by Gasteiger charge is -2.34. The molecular weight excluding hydrogens is 318 g/mol. The molecule has 0 atom stereocenters. The molecule has 0 bridgehead atoms. The minimum absolute atomic E-state index is 0.373. The lowest BCUT2D eigenvalue weighted by Crippen LogP contribution is -2.52. The van der Waals surface area contributed by atoms with Crippen LogP contribution in [0.25, 0.3) is 0 Å². The van der Waals surface area contributed by atoms with E-state index in [2.05, 4.69) is 5.32 Å². The van der Waals surface area contributed by atoms with E-state index < -0.39 is 15.1 Å². The molecule has 23 heavy (non-hydrogen) atoms. The van der Waals surface area contributed by atoms with Crippen molar-refractivity contribution in [2.45, 2.75) is 59.4 Å².